The number of rotatable bonds is 4. The molecule has 0 radical (unpaired) electrons. The van der Waals surface area contributed by atoms with Gasteiger partial charge in [0.2, 0.25) is 0 Å². The smallest absolute Gasteiger partial charge is 0.337 e. The van der Waals surface area contributed by atoms with Crippen LogP contribution in [0.1, 0.15) is 93.0 Å². The Balaban J connectivity index is 0.000000287. The summed E-state index contributed by atoms with van der Waals surface area (Å²) < 4.78 is 4.74. The topological polar surface area (TPSA) is 55.0 Å². The van der Waals surface area contributed by atoms with Crippen molar-refractivity contribution in [3.8, 4) is 0 Å². The zero-order valence-electron chi connectivity index (χ0n) is 19.6. The predicted molar refractivity (Wildman–Crippen MR) is 128 cm³/mol. The largest absolute Gasteiger partial charge is 0.465 e. The number of H-pyrrole nitrogens is 1. The number of hydrogen-bond donors (Lipinski definition) is 1. The van der Waals surface area contributed by atoms with E-state index in [9.17, 15) is 4.79 Å². The third-order valence-electron chi connectivity index (χ3n) is 6.18. The number of imidazole rings is 1. The molecule has 0 saturated heterocycles. The molecular weight excluding hydrogens is 384 g/mol. The first kappa shape index (κ1) is 23.1. The SMILES string of the molecule is CC1(C)CCCCC1.COC(=O)c1ccc2nc(Cc3ccc(C(C)C)cc3)[nH]c2c1. The Morgan fingerprint density at radius 2 is 1.74 bits per heavy atom. The molecule has 4 rings (SSSR count). The molecule has 0 aliphatic heterocycles. The molecule has 4 nitrogen and oxygen atoms in total. The van der Waals surface area contributed by atoms with E-state index in [4.69, 9.17) is 4.74 Å². The van der Waals surface area contributed by atoms with Crippen molar-refractivity contribution < 1.29 is 9.53 Å². The number of hydrogen-bond acceptors (Lipinski definition) is 3. The second kappa shape index (κ2) is 10.1. The third-order valence-corrected chi connectivity index (χ3v) is 6.18. The monoisotopic (exact) mass is 420 g/mol. The van der Waals surface area contributed by atoms with Crippen LogP contribution in [0.4, 0.5) is 0 Å². The molecule has 31 heavy (non-hydrogen) atoms. The molecule has 0 unspecified atom stereocenters. The van der Waals surface area contributed by atoms with Gasteiger partial charge in [0.25, 0.3) is 0 Å². The van der Waals surface area contributed by atoms with Gasteiger partial charge in [-0.05, 0) is 53.5 Å². The summed E-state index contributed by atoms with van der Waals surface area (Å²) in [4.78, 5) is 19.5. The second-order valence-electron chi connectivity index (χ2n) is 9.70. The van der Waals surface area contributed by atoms with Gasteiger partial charge in [-0.2, -0.15) is 0 Å². The Labute approximate surface area is 186 Å². The minimum atomic E-state index is -0.340. The van der Waals surface area contributed by atoms with E-state index in [0.29, 0.717) is 16.9 Å². The van der Waals surface area contributed by atoms with E-state index >= 15 is 0 Å². The van der Waals surface area contributed by atoms with Crippen molar-refractivity contribution in [3.63, 3.8) is 0 Å². The number of carbonyl (C=O) groups excluding carboxylic acids is 1. The number of ether oxygens (including phenoxy) is 1. The van der Waals surface area contributed by atoms with Crippen LogP contribution in [0.25, 0.3) is 11.0 Å². The van der Waals surface area contributed by atoms with E-state index in [-0.39, 0.29) is 5.97 Å². The lowest BCUT2D eigenvalue weighted by Crippen LogP contribution is -2.14. The minimum absolute atomic E-state index is 0.340. The lowest BCUT2D eigenvalue weighted by molar-refractivity contribution is 0.0601. The van der Waals surface area contributed by atoms with Gasteiger partial charge in [0.1, 0.15) is 5.82 Å². The summed E-state index contributed by atoms with van der Waals surface area (Å²) in [5, 5.41) is 0. The summed E-state index contributed by atoms with van der Waals surface area (Å²) in [6, 6.07) is 14.0. The van der Waals surface area contributed by atoms with E-state index in [1.54, 1.807) is 12.1 Å². The van der Waals surface area contributed by atoms with Crippen LogP contribution in [0.5, 0.6) is 0 Å². The average molecular weight is 421 g/mol. The molecule has 0 spiro atoms. The first-order valence-corrected chi connectivity index (χ1v) is 11.4. The van der Waals surface area contributed by atoms with Crippen molar-refractivity contribution in [2.75, 3.05) is 7.11 Å². The number of benzene rings is 2. The van der Waals surface area contributed by atoms with Crippen LogP contribution in [0.3, 0.4) is 0 Å². The molecule has 1 aliphatic rings. The molecule has 1 heterocycles. The van der Waals surface area contributed by atoms with Crippen molar-refractivity contribution in [3.05, 3.63) is 65.0 Å². The zero-order valence-corrected chi connectivity index (χ0v) is 19.6. The van der Waals surface area contributed by atoms with Crippen molar-refractivity contribution in [1.29, 1.82) is 0 Å². The second-order valence-corrected chi connectivity index (χ2v) is 9.70. The number of nitrogens with zero attached hydrogens (tertiary/aromatic N) is 1. The normalized spacial score (nSPS) is 15.4. The van der Waals surface area contributed by atoms with Gasteiger partial charge in [0, 0.05) is 6.42 Å². The van der Waals surface area contributed by atoms with Crippen LogP contribution in [-0.2, 0) is 11.2 Å². The molecule has 1 saturated carbocycles. The van der Waals surface area contributed by atoms with Gasteiger partial charge in [0.15, 0.2) is 0 Å². The Hall–Kier alpha value is -2.62. The molecule has 0 amide bonds. The summed E-state index contributed by atoms with van der Waals surface area (Å²) in [5.41, 5.74) is 5.45. The number of nitrogens with one attached hydrogen (secondary N) is 1. The van der Waals surface area contributed by atoms with Crippen molar-refractivity contribution >= 4 is 17.0 Å². The fraction of sp³-hybridized carbons (Fsp3) is 0.481. The lowest BCUT2D eigenvalue weighted by Gasteiger charge is -2.28. The van der Waals surface area contributed by atoms with Crippen LogP contribution in [-0.4, -0.2) is 23.0 Å². The summed E-state index contributed by atoms with van der Waals surface area (Å²) in [7, 11) is 1.38. The fourth-order valence-electron chi connectivity index (χ4n) is 4.11. The summed E-state index contributed by atoms with van der Waals surface area (Å²) in [6.45, 7) is 9.14. The number of aromatic amines is 1. The van der Waals surface area contributed by atoms with E-state index < -0.39 is 0 Å². The third kappa shape index (κ3) is 6.43. The molecule has 1 N–H and O–H groups in total. The quantitative estimate of drug-likeness (QED) is 0.460. The van der Waals surface area contributed by atoms with Crippen LogP contribution in [0.15, 0.2) is 42.5 Å². The van der Waals surface area contributed by atoms with Crippen molar-refractivity contribution in [2.45, 2.75) is 72.1 Å². The average Bonchev–Trinajstić information content (AvgIpc) is 3.15. The molecule has 2 aromatic carbocycles. The predicted octanol–water partition coefficient (Wildman–Crippen LogP) is 7.04. The summed E-state index contributed by atoms with van der Waals surface area (Å²) in [6.07, 6.45) is 8.05. The van der Waals surface area contributed by atoms with Crippen LogP contribution >= 0.6 is 0 Å². The van der Waals surface area contributed by atoms with Gasteiger partial charge in [0.05, 0.1) is 23.7 Å². The molecule has 0 bridgehead atoms. The van der Waals surface area contributed by atoms with Gasteiger partial charge in [-0.3, -0.25) is 0 Å². The first-order valence-electron chi connectivity index (χ1n) is 11.4. The Morgan fingerprint density at radius 3 is 2.29 bits per heavy atom. The molecule has 166 valence electrons. The van der Waals surface area contributed by atoms with Crippen LogP contribution in [0, 0.1) is 5.41 Å². The zero-order chi connectivity index (χ0) is 22.4. The lowest BCUT2D eigenvalue weighted by atomic mass is 9.78. The van der Waals surface area contributed by atoms with E-state index in [0.717, 1.165) is 23.3 Å². The fourth-order valence-corrected chi connectivity index (χ4v) is 4.11. The molecule has 1 aromatic heterocycles. The van der Waals surface area contributed by atoms with Gasteiger partial charge < -0.3 is 9.72 Å². The van der Waals surface area contributed by atoms with Crippen LogP contribution < -0.4 is 0 Å². The molecule has 3 aromatic rings. The van der Waals surface area contributed by atoms with Crippen molar-refractivity contribution in [1.82, 2.24) is 9.97 Å². The maximum absolute atomic E-state index is 11.6. The van der Waals surface area contributed by atoms with E-state index in [1.165, 1.54) is 50.3 Å². The molecule has 4 heteroatoms. The van der Waals surface area contributed by atoms with E-state index in [1.807, 2.05) is 6.07 Å². The maximum atomic E-state index is 11.6. The van der Waals surface area contributed by atoms with Crippen LogP contribution in [0.2, 0.25) is 0 Å². The maximum Gasteiger partial charge on any atom is 0.337 e. The number of aromatic nitrogens is 2. The van der Waals surface area contributed by atoms with E-state index in [2.05, 4.69) is 61.9 Å². The number of fused-ring (bicyclic) bond motifs is 1. The Kier molecular flexibility index (Phi) is 7.53. The number of methoxy groups -OCH3 is 1. The number of carbonyl (C=O) groups is 1. The highest BCUT2D eigenvalue weighted by atomic mass is 16.5. The van der Waals surface area contributed by atoms with Gasteiger partial charge in [-0.1, -0.05) is 71.2 Å². The molecule has 1 aliphatic carbocycles. The molecule has 0 atom stereocenters. The highest BCUT2D eigenvalue weighted by molar-refractivity contribution is 5.93. The highest BCUT2D eigenvalue weighted by Gasteiger charge is 2.19. The first-order chi connectivity index (χ1) is 14.8. The minimum Gasteiger partial charge on any atom is -0.465 e. The Bertz CT molecular complexity index is 992. The van der Waals surface area contributed by atoms with Gasteiger partial charge in [-0.25, -0.2) is 9.78 Å². The summed E-state index contributed by atoms with van der Waals surface area (Å²) in [5.74, 6) is 1.08. The van der Waals surface area contributed by atoms with Crippen molar-refractivity contribution in [2.24, 2.45) is 5.41 Å². The van der Waals surface area contributed by atoms with Gasteiger partial charge >= 0.3 is 5.97 Å². The number of esters is 1. The molecular formula is C27H36N2O2. The van der Waals surface area contributed by atoms with Gasteiger partial charge in [-0.15, -0.1) is 0 Å². The standard InChI is InChI=1S/C19H20N2O2.C8H16/c1-12(2)14-6-4-13(5-7-14)10-18-20-16-9-8-15(19(22)23-3)11-17(16)21-18;1-8(2)6-4-3-5-7-8/h4-9,11-12H,10H2,1-3H3,(H,20,21);3-7H2,1-2H3. The highest BCUT2D eigenvalue weighted by Crippen LogP contribution is 2.34. The molecule has 1 fully saturated rings. The summed E-state index contributed by atoms with van der Waals surface area (Å²) >= 11 is 0. The Morgan fingerprint density at radius 1 is 1.06 bits per heavy atom.